The second-order valence-corrected chi connectivity index (χ2v) is 4.37. The van der Waals surface area contributed by atoms with Gasteiger partial charge in [-0.25, -0.2) is 9.48 Å². The van der Waals surface area contributed by atoms with Crippen LogP contribution in [0.3, 0.4) is 0 Å². The Balaban J connectivity index is 2.61. The number of benzene rings is 1. The monoisotopic (exact) mass is 255 g/mol. The van der Waals surface area contributed by atoms with Gasteiger partial charge in [-0.1, -0.05) is 0 Å². The van der Waals surface area contributed by atoms with E-state index in [-0.39, 0.29) is 5.56 Å². The standard InChI is InChI=1S/C14H13N3O2/c1-8-6-12(5-4-11(8)7-15)17-10(3)13(14(18)19)9(2)16-17/h4-6H,1-3H3,(H,18,19). The highest BCUT2D eigenvalue weighted by Gasteiger charge is 2.18. The SMILES string of the molecule is Cc1cc(-n2nc(C)c(C(=O)O)c2C)ccc1C#N. The maximum atomic E-state index is 11.2. The summed E-state index contributed by atoms with van der Waals surface area (Å²) in [7, 11) is 0. The van der Waals surface area contributed by atoms with Crippen LogP contribution >= 0.6 is 0 Å². The van der Waals surface area contributed by atoms with Crippen molar-refractivity contribution in [1.82, 2.24) is 9.78 Å². The van der Waals surface area contributed by atoms with Crippen LogP contribution in [0, 0.1) is 32.1 Å². The summed E-state index contributed by atoms with van der Waals surface area (Å²) < 4.78 is 1.59. The van der Waals surface area contributed by atoms with E-state index in [4.69, 9.17) is 10.4 Å². The molecule has 1 N–H and O–H groups in total. The van der Waals surface area contributed by atoms with Gasteiger partial charge in [0.15, 0.2) is 0 Å². The number of hydrogen-bond acceptors (Lipinski definition) is 3. The van der Waals surface area contributed by atoms with E-state index in [1.54, 1.807) is 30.7 Å². The van der Waals surface area contributed by atoms with Crippen molar-refractivity contribution in [2.24, 2.45) is 0 Å². The molecule has 0 aliphatic carbocycles. The highest BCUT2D eigenvalue weighted by atomic mass is 16.4. The van der Waals surface area contributed by atoms with Gasteiger partial charge in [-0.3, -0.25) is 0 Å². The lowest BCUT2D eigenvalue weighted by Crippen LogP contribution is -2.03. The molecule has 0 unspecified atom stereocenters. The molecule has 2 aromatic rings. The molecule has 0 saturated carbocycles. The van der Waals surface area contributed by atoms with Gasteiger partial charge in [-0.15, -0.1) is 0 Å². The van der Waals surface area contributed by atoms with Crippen LogP contribution in [0.15, 0.2) is 18.2 Å². The van der Waals surface area contributed by atoms with Crippen LogP contribution in [-0.2, 0) is 0 Å². The molecule has 0 spiro atoms. The first-order chi connectivity index (χ1) is 8.95. The predicted molar refractivity (Wildman–Crippen MR) is 69.4 cm³/mol. The zero-order valence-corrected chi connectivity index (χ0v) is 10.9. The van der Waals surface area contributed by atoms with E-state index in [2.05, 4.69) is 11.2 Å². The van der Waals surface area contributed by atoms with Gasteiger partial charge in [0.05, 0.1) is 28.7 Å². The molecular weight excluding hydrogens is 242 g/mol. The Morgan fingerprint density at radius 1 is 1.37 bits per heavy atom. The van der Waals surface area contributed by atoms with E-state index in [0.717, 1.165) is 11.3 Å². The van der Waals surface area contributed by atoms with Crippen LogP contribution in [0.1, 0.15) is 32.9 Å². The first-order valence-corrected chi connectivity index (χ1v) is 5.76. The van der Waals surface area contributed by atoms with Crippen LogP contribution in [0.25, 0.3) is 5.69 Å². The number of carbonyl (C=O) groups is 1. The van der Waals surface area contributed by atoms with Crippen LogP contribution in [0.2, 0.25) is 0 Å². The lowest BCUT2D eigenvalue weighted by atomic mass is 10.1. The molecule has 0 aliphatic rings. The van der Waals surface area contributed by atoms with Gasteiger partial charge in [0.2, 0.25) is 0 Å². The Morgan fingerprint density at radius 2 is 2.05 bits per heavy atom. The van der Waals surface area contributed by atoms with Crippen molar-refractivity contribution in [3.63, 3.8) is 0 Å². The molecule has 0 bridgehead atoms. The van der Waals surface area contributed by atoms with Crippen molar-refractivity contribution < 1.29 is 9.90 Å². The molecule has 0 aliphatic heterocycles. The number of hydrogen-bond donors (Lipinski definition) is 1. The molecule has 1 heterocycles. The maximum absolute atomic E-state index is 11.2. The van der Waals surface area contributed by atoms with Crippen molar-refractivity contribution in [3.8, 4) is 11.8 Å². The summed E-state index contributed by atoms with van der Waals surface area (Å²) in [5, 5.41) is 22.3. The van der Waals surface area contributed by atoms with Crippen LogP contribution in [-0.4, -0.2) is 20.9 Å². The Labute approximate surface area is 110 Å². The zero-order valence-electron chi connectivity index (χ0n) is 10.9. The second-order valence-electron chi connectivity index (χ2n) is 4.37. The Hall–Kier alpha value is -2.61. The van der Waals surface area contributed by atoms with Gasteiger partial charge < -0.3 is 5.11 Å². The largest absolute Gasteiger partial charge is 0.478 e. The van der Waals surface area contributed by atoms with Crippen molar-refractivity contribution in [2.45, 2.75) is 20.8 Å². The quantitative estimate of drug-likeness (QED) is 0.893. The Kier molecular flexibility index (Phi) is 3.09. The Morgan fingerprint density at radius 3 is 2.53 bits per heavy atom. The second kappa shape index (κ2) is 4.58. The number of nitriles is 1. The molecule has 0 fully saturated rings. The van der Waals surface area contributed by atoms with Crippen LogP contribution < -0.4 is 0 Å². The lowest BCUT2D eigenvalue weighted by molar-refractivity contribution is 0.0695. The summed E-state index contributed by atoms with van der Waals surface area (Å²) in [5.74, 6) is -0.980. The van der Waals surface area contributed by atoms with Crippen LogP contribution in [0.5, 0.6) is 0 Å². The summed E-state index contributed by atoms with van der Waals surface area (Å²) in [4.78, 5) is 11.2. The fourth-order valence-corrected chi connectivity index (χ4v) is 2.11. The summed E-state index contributed by atoms with van der Waals surface area (Å²) >= 11 is 0. The fraction of sp³-hybridized carbons (Fsp3) is 0.214. The van der Waals surface area contributed by atoms with Gasteiger partial charge in [0, 0.05) is 0 Å². The summed E-state index contributed by atoms with van der Waals surface area (Å²) in [5.41, 5.74) is 3.47. The minimum absolute atomic E-state index is 0.224. The number of aryl methyl sites for hydroxylation is 2. The highest BCUT2D eigenvalue weighted by molar-refractivity contribution is 5.90. The first-order valence-electron chi connectivity index (χ1n) is 5.76. The maximum Gasteiger partial charge on any atom is 0.339 e. The van der Waals surface area contributed by atoms with Gasteiger partial charge in [0.25, 0.3) is 0 Å². The van der Waals surface area contributed by atoms with E-state index in [1.165, 1.54) is 0 Å². The fourth-order valence-electron chi connectivity index (χ4n) is 2.11. The number of nitrogens with zero attached hydrogens (tertiary/aromatic N) is 3. The molecule has 96 valence electrons. The van der Waals surface area contributed by atoms with Gasteiger partial charge in [-0.2, -0.15) is 10.4 Å². The van der Waals surface area contributed by atoms with E-state index >= 15 is 0 Å². The molecule has 1 aromatic heterocycles. The van der Waals surface area contributed by atoms with Gasteiger partial charge in [-0.05, 0) is 44.5 Å². The van der Waals surface area contributed by atoms with Crippen molar-refractivity contribution >= 4 is 5.97 Å². The zero-order chi connectivity index (χ0) is 14.2. The number of rotatable bonds is 2. The average molecular weight is 255 g/mol. The molecular formula is C14H13N3O2. The van der Waals surface area contributed by atoms with E-state index < -0.39 is 5.97 Å². The summed E-state index contributed by atoms with van der Waals surface area (Å²) in [6.07, 6.45) is 0. The van der Waals surface area contributed by atoms with Crippen molar-refractivity contribution in [2.75, 3.05) is 0 Å². The first kappa shape index (κ1) is 12.8. The predicted octanol–water partition coefficient (Wildman–Crippen LogP) is 2.37. The minimum Gasteiger partial charge on any atom is -0.478 e. The van der Waals surface area contributed by atoms with Crippen molar-refractivity contribution in [1.29, 1.82) is 5.26 Å². The minimum atomic E-state index is -0.980. The third kappa shape index (κ3) is 2.08. The highest BCUT2D eigenvalue weighted by Crippen LogP contribution is 2.20. The molecule has 0 atom stereocenters. The lowest BCUT2D eigenvalue weighted by Gasteiger charge is -2.06. The third-order valence-electron chi connectivity index (χ3n) is 3.08. The molecule has 0 saturated heterocycles. The molecule has 5 heteroatoms. The smallest absolute Gasteiger partial charge is 0.339 e. The number of aromatic carboxylic acids is 1. The van der Waals surface area contributed by atoms with Crippen LogP contribution in [0.4, 0.5) is 0 Å². The molecule has 19 heavy (non-hydrogen) atoms. The summed E-state index contributed by atoms with van der Waals surface area (Å²) in [6, 6.07) is 7.39. The molecule has 0 amide bonds. The number of carboxylic acid groups (broad SMARTS) is 1. The van der Waals surface area contributed by atoms with Gasteiger partial charge in [0.1, 0.15) is 5.56 Å². The van der Waals surface area contributed by atoms with E-state index in [9.17, 15) is 4.79 Å². The van der Waals surface area contributed by atoms with Crippen molar-refractivity contribution in [3.05, 3.63) is 46.3 Å². The molecule has 1 aromatic carbocycles. The topological polar surface area (TPSA) is 78.9 Å². The van der Waals surface area contributed by atoms with E-state index in [1.807, 2.05) is 13.0 Å². The van der Waals surface area contributed by atoms with E-state index in [0.29, 0.717) is 17.0 Å². The van der Waals surface area contributed by atoms with Gasteiger partial charge >= 0.3 is 5.97 Å². The molecule has 2 rings (SSSR count). The summed E-state index contributed by atoms with van der Waals surface area (Å²) in [6.45, 7) is 5.23. The number of carboxylic acids is 1. The number of aromatic nitrogens is 2. The Bertz CT molecular complexity index is 708. The average Bonchev–Trinajstić information content (AvgIpc) is 2.64. The third-order valence-corrected chi connectivity index (χ3v) is 3.08. The molecule has 0 radical (unpaired) electrons. The molecule has 5 nitrogen and oxygen atoms in total. The normalized spacial score (nSPS) is 10.2.